The van der Waals surface area contributed by atoms with Gasteiger partial charge in [-0.2, -0.15) is 4.31 Å². The predicted molar refractivity (Wildman–Crippen MR) is 82.2 cm³/mol. The molecule has 7 heteroatoms. The van der Waals surface area contributed by atoms with E-state index in [-0.39, 0.29) is 17.3 Å². The first-order valence-corrected chi connectivity index (χ1v) is 8.86. The number of carbonyl (C=O) groups is 1. The lowest BCUT2D eigenvalue weighted by molar-refractivity contribution is -0.121. The summed E-state index contributed by atoms with van der Waals surface area (Å²) in [5, 5.41) is 3.32. The van der Waals surface area contributed by atoms with Crippen molar-refractivity contribution in [3.63, 3.8) is 0 Å². The first kappa shape index (κ1) is 17.1. The molecule has 0 aliphatic rings. The highest BCUT2D eigenvalue weighted by Gasteiger charge is 2.22. The van der Waals surface area contributed by atoms with Crippen molar-refractivity contribution in [3.05, 3.63) is 29.8 Å². The number of rotatable bonds is 7. The van der Waals surface area contributed by atoms with Gasteiger partial charge in [0.25, 0.3) is 0 Å². The molecule has 20 heavy (non-hydrogen) atoms. The van der Waals surface area contributed by atoms with E-state index in [2.05, 4.69) is 21.2 Å². The Kier molecular flexibility index (Phi) is 6.64. The average molecular weight is 363 g/mol. The fourth-order valence-corrected chi connectivity index (χ4v) is 3.04. The van der Waals surface area contributed by atoms with Gasteiger partial charge < -0.3 is 5.32 Å². The number of amides is 1. The third-order valence-electron chi connectivity index (χ3n) is 2.72. The summed E-state index contributed by atoms with van der Waals surface area (Å²) in [4.78, 5) is 11.8. The second-order valence-corrected chi connectivity index (χ2v) is 6.99. The fraction of sp³-hybridized carbons (Fsp3) is 0.462. The van der Waals surface area contributed by atoms with E-state index in [1.54, 1.807) is 24.3 Å². The van der Waals surface area contributed by atoms with Crippen molar-refractivity contribution in [2.24, 2.45) is 0 Å². The van der Waals surface area contributed by atoms with E-state index in [1.165, 1.54) is 7.05 Å². The summed E-state index contributed by atoms with van der Waals surface area (Å²) in [6.45, 7) is 2.31. The van der Waals surface area contributed by atoms with Crippen molar-refractivity contribution in [1.82, 2.24) is 9.62 Å². The molecule has 0 fully saturated rings. The lowest BCUT2D eigenvalue weighted by Gasteiger charge is -2.17. The molecule has 0 bridgehead atoms. The van der Waals surface area contributed by atoms with Crippen LogP contribution in [0.3, 0.4) is 0 Å². The van der Waals surface area contributed by atoms with E-state index in [0.717, 1.165) is 16.3 Å². The highest BCUT2D eigenvalue weighted by Crippen LogP contribution is 2.16. The maximum absolute atomic E-state index is 12.3. The van der Waals surface area contributed by atoms with Gasteiger partial charge in [0.05, 0.1) is 11.4 Å². The molecule has 0 aliphatic heterocycles. The van der Waals surface area contributed by atoms with E-state index in [4.69, 9.17) is 0 Å². The Balaban J connectivity index is 2.78. The van der Waals surface area contributed by atoms with Crippen LogP contribution in [0, 0.1) is 0 Å². The van der Waals surface area contributed by atoms with E-state index in [9.17, 15) is 13.2 Å². The van der Waals surface area contributed by atoms with Crippen LogP contribution in [0.25, 0.3) is 0 Å². The second-order valence-electron chi connectivity index (χ2n) is 4.39. The van der Waals surface area contributed by atoms with Crippen LogP contribution in [0.15, 0.2) is 29.2 Å². The Bertz CT molecular complexity index is 543. The molecule has 0 atom stereocenters. The van der Waals surface area contributed by atoms with Crippen LogP contribution in [0.4, 0.5) is 0 Å². The fourth-order valence-electron chi connectivity index (χ4n) is 1.54. The Morgan fingerprint density at radius 2 is 1.90 bits per heavy atom. The highest BCUT2D eigenvalue weighted by molar-refractivity contribution is 9.08. The molecule has 112 valence electrons. The molecule has 0 saturated carbocycles. The normalized spacial score (nSPS) is 11.6. The monoisotopic (exact) mass is 362 g/mol. The predicted octanol–water partition coefficient (Wildman–Crippen LogP) is 1.73. The zero-order chi connectivity index (χ0) is 15.2. The molecular weight excluding hydrogens is 344 g/mol. The minimum atomic E-state index is -3.63. The molecule has 0 heterocycles. The van der Waals surface area contributed by atoms with Gasteiger partial charge in [-0.3, -0.25) is 4.79 Å². The first-order valence-electron chi connectivity index (χ1n) is 6.29. The zero-order valence-corrected chi connectivity index (χ0v) is 14.0. The standard InChI is InChI=1S/C13H19BrN2O3S/c1-3-8-15-13(17)10-16(2)20(18,19)12-6-4-11(9-14)5-7-12/h4-7H,3,8-10H2,1-2H3,(H,15,17). The van der Waals surface area contributed by atoms with Crippen LogP contribution in [0.1, 0.15) is 18.9 Å². The third-order valence-corrected chi connectivity index (χ3v) is 5.19. The third kappa shape index (κ3) is 4.57. The zero-order valence-electron chi connectivity index (χ0n) is 11.6. The molecule has 0 spiro atoms. The maximum atomic E-state index is 12.3. The molecule has 0 unspecified atom stereocenters. The van der Waals surface area contributed by atoms with Gasteiger partial charge in [0.2, 0.25) is 15.9 Å². The van der Waals surface area contributed by atoms with Crippen molar-refractivity contribution in [3.8, 4) is 0 Å². The van der Waals surface area contributed by atoms with Gasteiger partial charge in [0, 0.05) is 18.9 Å². The number of likely N-dealkylation sites (N-methyl/N-ethyl adjacent to an activating group) is 1. The molecule has 0 radical (unpaired) electrons. The minimum Gasteiger partial charge on any atom is -0.355 e. The second kappa shape index (κ2) is 7.75. The number of nitrogens with one attached hydrogen (secondary N) is 1. The quantitative estimate of drug-likeness (QED) is 0.751. The number of sulfonamides is 1. The summed E-state index contributed by atoms with van der Waals surface area (Å²) in [6, 6.07) is 6.58. The van der Waals surface area contributed by atoms with E-state index >= 15 is 0 Å². The molecule has 5 nitrogen and oxygen atoms in total. The Hall–Kier alpha value is -0.920. The van der Waals surface area contributed by atoms with E-state index in [0.29, 0.717) is 11.9 Å². The molecule has 1 amide bonds. The molecule has 1 aromatic carbocycles. The Morgan fingerprint density at radius 3 is 2.40 bits per heavy atom. The van der Waals surface area contributed by atoms with Crippen molar-refractivity contribution in [2.45, 2.75) is 23.6 Å². The lowest BCUT2D eigenvalue weighted by Crippen LogP contribution is -2.38. The molecule has 1 aromatic rings. The van der Waals surface area contributed by atoms with Crippen LogP contribution >= 0.6 is 15.9 Å². The maximum Gasteiger partial charge on any atom is 0.243 e. The van der Waals surface area contributed by atoms with Crippen molar-refractivity contribution in [2.75, 3.05) is 20.1 Å². The summed E-state index contributed by atoms with van der Waals surface area (Å²) >= 11 is 3.31. The molecule has 0 aromatic heterocycles. The van der Waals surface area contributed by atoms with Crippen LogP contribution in [-0.2, 0) is 20.1 Å². The number of hydrogen-bond donors (Lipinski definition) is 1. The number of alkyl halides is 1. The molecule has 0 saturated heterocycles. The Labute approximate surface area is 128 Å². The van der Waals surface area contributed by atoms with Gasteiger partial charge in [-0.25, -0.2) is 8.42 Å². The number of nitrogens with zero attached hydrogens (tertiary/aromatic N) is 1. The molecule has 1 rings (SSSR count). The van der Waals surface area contributed by atoms with Gasteiger partial charge in [-0.15, -0.1) is 0 Å². The Morgan fingerprint density at radius 1 is 1.30 bits per heavy atom. The number of hydrogen-bond acceptors (Lipinski definition) is 3. The minimum absolute atomic E-state index is 0.178. The van der Waals surface area contributed by atoms with Crippen LogP contribution < -0.4 is 5.32 Å². The number of carbonyl (C=O) groups excluding carboxylic acids is 1. The summed E-state index contributed by atoms with van der Waals surface area (Å²) in [5.41, 5.74) is 0.993. The summed E-state index contributed by atoms with van der Waals surface area (Å²) < 4.78 is 25.6. The number of halogens is 1. The molecule has 1 N–H and O–H groups in total. The largest absolute Gasteiger partial charge is 0.355 e. The molecular formula is C13H19BrN2O3S. The smallest absolute Gasteiger partial charge is 0.243 e. The van der Waals surface area contributed by atoms with Gasteiger partial charge in [-0.1, -0.05) is 35.0 Å². The van der Waals surface area contributed by atoms with Crippen LogP contribution in [0.5, 0.6) is 0 Å². The topological polar surface area (TPSA) is 66.5 Å². The van der Waals surface area contributed by atoms with Gasteiger partial charge >= 0.3 is 0 Å². The SMILES string of the molecule is CCCNC(=O)CN(C)S(=O)(=O)c1ccc(CBr)cc1. The van der Waals surface area contributed by atoms with Gasteiger partial charge in [0.1, 0.15) is 0 Å². The van der Waals surface area contributed by atoms with Gasteiger partial charge in [-0.05, 0) is 24.1 Å². The van der Waals surface area contributed by atoms with Crippen molar-refractivity contribution < 1.29 is 13.2 Å². The summed E-state index contributed by atoms with van der Waals surface area (Å²) in [5.74, 6) is -0.296. The van der Waals surface area contributed by atoms with E-state index in [1.807, 2.05) is 6.92 Å². The van der Waals surface area contributed by atoms with Gasteiger partial charge in [0.15, 0.2) is 0 Å². The average Bonchev–Trinajstić information content (AvgIpc) is 2.45. The highest BCUT2D eigenvalue weighted by atomic mass is 79.9. The van der Waals surface area contributed by atoms with Crippen molar-refractivity contribution >= 4 is 31.9 Å². The van der Waals surface area contributed by atoms with Crippen LogP contribution in [0.2, 0.25) is 0 Å². The summed E-state index contributed by atoms with van der Waals surface area (Å²) in [6.07, 6.45) is 0.816. The van der Waals surface area contributed by atoms with E-state index < -0.39 is 10.0 Å². The number of benzene rings is 1. The lowest BCUT2D eigenvalue weighted by atomic mass is 10.2. The van der Waals surface area contributed by atoms with Crippen molar-refractivity contribution in [1.29, 1.82) is 0 Å². The molecule has 0 aliphatic carbocycles. The van der Waals surface area contributed by atoms with Crippen LogP contribution in [-0.4, -0.2) is 38.8 Å². The summed E-state index contributed by atoms with van der Waals surface area (Å²) in [7, 11) is -2.22. The first-order chi connectivity index (χ1) is 9.41.